The Morgan fingerprint density at radius 2 is 1.67 bits per heavy atom. The summed E-state index contributed by atoms with van der Waals surface area (Å²) in [6.07, 6.45) is -1.41. The summed E-state index contributed by atoms with van der Waals surface area (Å²) in [6.45, 7) is 3.79. The maximum Gasteiger partial charge on any atom is 0.306 e. The van der Waals surface area contributed by atoms with Gasteiger partial charge in [0.25, 0.3) is 0 Å². The molecule has 0 aliphatic carbocycles. The zero-order valence-electron chi connectivity index (χ0n) is 8.33. The van der Waals surface area contributed by atoms with Gasteiger partial charge >= 0.3 is 11.9 Å². The van der Waals surface area contributed by atoms with Gasteiger partial charge in [0, 0.05) is 1.37 Å². The maximum absolute atomic E-state index is 10.9. The third-order valence-electron chi connectivity index (χ3n) is 1.03. The lowest BCUT2D eigenvalue weighted by molar-refractivity contribution is -0.149. The van der Waals surface area contributed by atoms with Gasteiger partial charge in [-0.25, -0.2) is 0 Å². The minimum absolute atomic E-state index is 0.219. The van der Waals surface area contributed by atoms with E-state index in [0.717, 1.165) is 0 Å². The molecule has 0 fully saturated rings. The summed E-state index contributed by atoms with van der Waals surface area (Å²) in [4.78, 5) is 21.7. The lowest BCUT2D eigenvalue weighted by atomic mass is 10.3. The molecule has 4 nitrogen and oxygen atoms in total. The van der Waals surface area contributed by atoms with Gasteiger partial charge in [0.15, 0.2) is 0 Å². The zero-order valence-corrected chi connectivity index (χ0v) is 7.33. The number of rotatable bonds is 5. The molecule has 12 heavy (non-hydrogen) atoms. The minimum atomic E-state index is -1.17. The second kappa shape index (κ2) is 6.64. The monoisotopic (exact) mass is 175 g/mol. The highest BCUT2D eigenvalue weighted by atomic mass is 16.5. The van der Waals surface area contributed by atoms with E-state index in [1.54, 1.807) is 13.8 Å². The normalized spacial score (nSPS) is 13.0. The fourth-order valence-electron chi connectivity index (χ4n) is 0.588. The third-order valence-corrected chi connectivity index (χ3v) is 1.03. The first-order valence-electron chi connectivity index (χ1n) is 4.44. The SMILES string of the molecule is [2H][C@H](CC(=O)OCC)C(=O)OCC. The molecule has 0 unspecified atom stereocenters. The van der Waals surface area contributed by atoms with Gasteiger partial charge in [0.05, 0.1) is 26.0 Å². The summed E-state index contributed by atoms with van der Waals surface area (Å²) in [5, 5.41) is 0. The Balaban J connectivity index is 3.78. The number of hydrogen-bond acceptors (Lipinski definition) is 4. The average Bonchev–Trinajstić information content (AvgIpc) is 2.05. The van der Waals surface area contributed by atoms with Crippen LogP contribution in [0.1, 0.15) is 28.0 Å². The van der Waals surface area contributed by atoms with Crippen LogP contribution < -0.4 is 0 Å². The number of carbonyl (C=O) groups excluding carboxylic acids is 2. The smallest absolute Gasteiger partial charge is 0.306 e. The first kappa shape index (κ1) is 9.03. The molecular formula is C8H14O4. The molecule has 0 aliphatic heterocycles. The van der Waals surface area contributed by atoms with Crippen molar-refractivity contribution in [1.82, 2.24) is 0 Å². The van der Waals surface area contributed by atoms with E-state index in [0.29, 0.717) is 0 Å². The topological polar surface area (TPSA) is 52.6 Å². The van der Waals surface area contributed by atoms with Crippen molar-refractivity contribution >= 4 is 11.9 Å². The van der Waals surface area contributed by atoms with E-state index in [4.69, 9.17) is 1.37 Å². The van der Waals surface area contributed by atoms with Gasteiger partial charge in [-0.3, -0.25) is 9.59 Å². The van der Waals surface area contributed by atoms with E-state index < -0.39 is 18.3 Å². The molecule has 0 heterocycles. The predicted octanol–water partition coefficient (Wildman–Crippen LogP) is 0.893. The fourth-order valence-corrected chi connectivity index (χ4v) is 0.588. The van der Waals surface area contributed by atoms with Crippen LogP contribution in [0.5, 0.6) is 0 Å². The van der Waals surface area contributed by atoms with Crippen LogP contribution in [0.25, 0.3) is 0 Å². The quantitative estimate of drug-likeness (QED) is 0.582. The molecule has 0 aromatic heterocycles. The molecule has 0 bridgehead atoms. The van der Waals surface area contributed by atoms with Crippen LogP contribution in [-0.4, -0.2) is 25.2 Å². The molecule has 0 saturated heterocycles. The average molecular weight is 175 g/mol. The van der Waals surface area contributed by atoms with E-state index in [1.165, 1.54) is 0 Å². The number of esters is 2. The molecule has 70 valence electrons. The van der Waals surface area contributed by atoms with Gasteiger partial charge in [0.1, 0.15) is 0 Å². The van der Waals surface area contributed by atoms with Gasteiger partial charge in [-0.2, -0.15) is 0 Å². The molecule has 0 amide bonds. The van der Waals surface area contributed by atoms with Crippen molar-refractivity contribution in [2.75, 3.05) is 13.2 Å². The van der Waals surface area contributed by atoms with Crippen LogP contribution in [0.3, 0.4) is 0 Å². The van der Waals surface area contributed by atoms with Crippen molar-refractivity contribution in [1.29, 1.82) is 0 Å². The van der Waals surface area contributed by atoms with Crippen molar-refractivity contribution < 1.29 is 20.4 Å². The Labute approximate surface area is 73.2 Å². The summed E-state index contributed by atoms with van der Waals surface area (Å²) in [5.41, 5.74) is 0. The van der Waals surface area contributed by atoms with Crippen LogP contribution in [0.15, 0.2) is 0 Å². The predicted molar refractivity (Wildman–Crippen MR) is 42.5 cm³/mol. The molecule has 0 aliphatic rings. The standard InChI is InChI=1S/C8H14O4/c1-3-11-7(9)5-6-8(10)12-4-2/h3-6H2,1-2H3/i5D/t5-/m1/s1. The fraction of sp³-hybridized carbons (Fsp3) is 0.750. The molecule has 1 atom stereocenters. The first-order valence-corrected chi connectivity index (χ1v) is 3.86. The molecule has 0 N–H and O–H groups in total. The highest BCUT2D eigenvalue weighted by Gasteiger charge is 2.06. The van der Waals surface area contributed by atoms with Gasteiger partial charge in [-0.05, 0) is 13.8 Å². The largest absolute Gasteiger partial charge is 0.466 e. The Kier molecular flexibility index (Phi) is 5.00. The summed E-state index contributed by atoms with van der Waals surface area (Å²) in [5.74, 6) is -1.23. The second-order valence-corrected chi connectivity index (χ2v) is 1.97. The van der Waals surface area contributed by atoms with Gasteiger partial charge < -0.3 is 9.47 Å². The second-order valence-electron chi connectivity index (χ2n) is 1.97. The Morgan fingerprint density at radius 3 is 2.17 bits per heavy atom. The van der Waals surface area contributed by atoms with E-state index in [9.17, 15) is 9.59 Å². The van der Waals surface area contributed by atoms with Crippen LogP contribution in [-0.2, 0) is 19.1 Å². The van der Waals surface area contributed by atoms with Gasteiger partial charge in [-0.1, -0.05) is 0 Å². The summed E-state index contributed by atoms with van der Waals surface area (Å²) >= 11 is 0. The maximum atomic E-state index is 10.9. The molecular weight excluding hydrogens is 160 g/mol. The Bertz CT molecular complexity index is 181. The van der Waals surface area contributed by atoms with Crippen molar-refractivity contribution in [3.8, 4) is 0 Å². The van der Waals surface area contributed by atoms with Crippen molar-refractivity contribution in [3.63, 3.8) is 0 Å². The minimum Gasteiger partial charge on any atom is -0.466 e. The Hall–Kier alpha value is -1.06. The molecule has 0 radical (unpaired) electrons. The third kappa shape index (κ3) is 5.70. The van der Waals surface area contributed by atoms with Crippen molar-refractivity contribution in [3.05, 3.63) is 0 Å². The van der Waals surface area contributed by atoms with Crippen LogP contribution in [0, 0.1) is 0 Å². The van der Waals surface area contributed by atoms with Crippen LogP contribution >= 0.6 is 0 Å². The number of carbonyl (C=O) groups is 2. The van der Waals surface area contributed by atoms with E-state index >= 15 is 0 Å². The Morgan fingerprint density at radius 1 is 1.17 bits per heavy atom. The highest BCUT2D eigenvalue weighted by molar-refractivity contribution is 5.77. The lowest BCUT2D eigenvalue weighted by Gasteiger charge is -2.01. The van der Waals surface area contributed by atoms with Crippen molar-refractivity contribution in [2.45, 2.75) is 26.7 Å². The lowest BCUT2D eigenvalue weighted by Crippen LogP contribution is -2.09. The van der Waals surface area contributed by atoms with Gasteiger partial charge in [0.2, 0.25) is 0 Å². The zero-order chi connectivity index (χ0) is 10.3. The summed E-state index contributed by atoms with van der Waals surface area (Å²) in [6, 6.07) is 0. The molecule has 4 heteroatoms. The summed E-state index contributed by atoms with van der Waals surface area (Å²) < 4.78 is 16.3. The molecule has 0 aromatic rings. The van der Waals surface area contributed by atoms with Crippen LogP contribution in [0.4, 0.5) is 0 Å². The molecule has 0 spiro atoms. The van der Waals surface area contributed by atoms with Gasteiger partial charge in [-0.15, -0.1) is 0 Å². The molecule has 0 rings (SSSR count). The summed E-state index contributed by atoms with van der Waals surface area (Å²) in [7, 11) is 0. The number of hydrogen-bond donors (Lipinski definition) is 0. The first-order chi connectivity index (χ1) is 6.11. The molecule has 0 aromatic carbocycles. The van der Waals surface area contributed by atoms with E-state index in [-0.39, 0.29) is 19.6 Å². The van der Waals surface area contributed by atoms with E-state index in [2.05, 4.69) is 9.47 Å². The van der Waals surface area contributed by atoms with Crippen LogP contribution in [0.2, 0.25) is 0 Å². The highest BCUT2D eigenvalue weighted by Crippen LogP contribution is 1.95. The molecule has 0 saturated carbocycles. The van der Waals surface area contributed by atoms with E-state index in [1.807, 2.05) is 0 Å². The number of ether oxygens (including phenoxy) is 2. The van der Waals surface area contributed by atoms with Crippen molar-refractivity contribution in [2.24, 2.45) is 0 Å².